The van der Waals surface area contributed by atoms with Crippen LogP contribution in [0.3, 0.4) is 0 Å². The summed E-state index contributed by atoms with van der Waals surface area (Å²) >= 11 is 0. The summed E-state index contributed by atoms with van der Waals surface area (Å²) in [7, 11) is 0. The third-order valence-electron chi connectivity index (χ3n) is 2.83. The summed E-state index contributed by atoms with van der Waals surface area (Å²) in [6, 6.07) is 6.84. The van der Waals surface area contributed by atoms with Crippen molar-refractivity contribution in [2.75, 3.05) is 25.1 Å². The molecule has 1 unspecified atom stereocenters. The molecule has 1 rings (SSSR count). The number of aliphatic hydroxyl groups is 1. The lowest BCUT2D eigenvalue weighted by Crippen LogP contribution is -2.31. The number of amides is 2. The minimum atomic E-state index is -0.502. The van der Waals surface area contributed by atoms with Gasteiger partial charge < -0.3 is 20.5 Å². The number of unbranched alkanes of at least 4 members (excludes halogenated alkanes) is 1. The molecule has 5 heteroatoms. The molecule has 20 heavy (non-hydrogen) atoms. The van der Waals surface area contributed by atoms with E-state index in [1.54, 1.807) is 31.2 Å². The Kier molecular flexibility index (Phi) is 7.69. The Bertz CT molecular complexity index is 391. The number of carbonyl (C=O) groups excluding carboxylic acids is 1. The van der Waals surface area contributed by atoms with Gasteiger partial charge in [0.25, 0.3) is 0 Å². The standard InChI is InChI=1S/C15H24N2O3/c1-3-4-10-20-11-9-16-15(19)17-14-7-5-13(6-8-14)12(2)18/h5-8,12,18H,3-4,9-11H2,1-2H3,(H2,16,17,19). The van der Waals surface area contributed by atoms with E-state index in [-0.39, 0.29) is 6.03 Å². The fraction of sp³-hybridized carbons (Fsp3) is 0.533. The molecule has 112 valence electrons. The highest BCUT2D eigenvalue weighted by Gasteiger charge is 2.03. The summed E-state index contributed by atoms with van der Waals surface area (Å²) in [5.74, 6) is 0. The largest absolute Gasteiger partial charge is 0.389 e. The molecular formula is C15H24N2O3. The van der Waals surface area contributed by atoms with Crippen molar-refractivity contribution in [1.82, 2.24) is 5.32 Å². The van der Waals surface area contributed by atoms with E-state index in [0.717, 1.165) is 25.0 Å². The van der Waals surface area contributed by atoms with Crippen molar-refractivity contribution in [3.05, 3.63) is 29.8 Å². The van der Waals surface area contributed by atoms with Crippen LogP contribution >= 0.6 is 0 Å². The number of hydrogen-bond donors (Lipinski definition) is 3. The summed E-state index contributed by atoms with van der Waals surface area (Å²) in [5.41, 5.74) is 1.51. The molecule has 0 aliphatic rings. The molecular weight excluding hydrogens is 256 g/mol. The number of hydrogen-bond acceptors (Lipinski definition) is 3. The topological polar surface area (TPSA) is 70.6 Å². The summed E-state index contributed by atoms with van der Waals surface area (Å²) in [5, 5.41) is 14.8. The van der Waals surface area contributed by atoms with Crippen LogP contribution in [-0.2, 0) is 4.74 Å². The molecule has 0 heterocycles. The first-order valence-corrected chi connectivity index (χ1v) is 7.04. The molecule has 0 saturated heterocycles. The van der Waals surface area contributed by atoms with Crippen molar-refractivity contribution >= 4 is 11.7 Å². The van der Waals surface area contributed by atoms with Crippen molar-refractivity contribution in [2.24, 2.45) is 0 Å². The van der Waals surface area contributed by atoms with E-state index in [4.69, 9.17) is 4.74 Å². The van der Waals surface area contributed by atoms with Crippen LogP contribution in [-0.4, -0.2) is 30.9 Å². The molecule has 0 spiro atoms. The highest BCUT2D eigenvalue weighted by Crippen LogP contribution is 2.15. The van der Waals surface area contributed by atoms with Crippen molar-refractivity contribution in [3.8, 4) is 0 Å². The SMILES string of the molecule is CCCCOCCNC(=O)Nc1ccc(C(C)O)cc1. The van der Waals surface area contributed by atoms with Gasteiger partial charge >= 0.3 is 6.03 Å². The fourth-order valence-corrected chi connectivity index (χ4v) is 1.61. The van der Waals surface area contributed by atoms with E-state index in [1.165, 1.54) is 0 Å². The Hall–Kier alpha value is -1.59. The van der Waals surface area contributed by atoms with Crippen molar-refractivity contribution in [2.45, 2.75) is 32.8 Å². The lowest BCUT2D eigenvalue weighted by molar-refractivity contribution is 0.134. The van der Waals surface area contributed by atoms with Crippen LogP contribution < -0.4 is 10.6 Å². The lowest BCUT2D eigenvalue weighted by Gasteiger charge is -2.09. The minimum Gasteiger partial charge on any atom is -0.389 e. The van der Waals surface area contributed by atoms with Gasteiger partial charge in [-0.1, -0.05) is 25.5 Å². The van der Waals surface area contributed by atoms with E-state index in [9.17, 15) is 9.90 Å². The molecule has 5 nitrogen and oxygen atoms in total. The number of carbonyl (C=O) groups is 1. The molecule has 1 aromatic rings. The smallest absolute Gasteiger partial charge is 0.319 e. The Labute approximate surface area is 120 Å². The van der Waals surface area contributed by atoms with Crippen LogP contribution in [0.5, 0.6) is 0 Å². The molecule has 0 aliphatic heterocycles. The molecule has 1 aromatic carbocycles. The molecule has 0 radical (unpaired) electrons. The van der Waals surface area contributed by atoms with Crippen molar-refractivity contribution in [3.63, 3.8) is 0 Å². The van der Waals surface area contributed by atoms with Gasteiger partial charge in [-0.25, -0.2) is 4.79 Å². The van der Waals surface area contributed by atoms with Gasteiger partial charge in [-0.15, -0.1) is 0 Å². The second-order valence-corrected chi connectivity index (χ2v) is 4.64. The van der Waals surface area contributed by atoms with Crippen LogP contribution in [0.1, 0.15) is 38.4 Å². The maximum absolute atomic E-state index is 11.6. The summed E-state index contributed by atoms with van der Waals surface area (Å²) < 4.78 is 5.35. The molecule has 3 N–H and O–H groups in total. The van der Waals surface area contributed by atoms with Gasteiger partial charge in [0.2, 0.25) is 0 Å². The van der Waals surface area contributed by atoms with E-state index < -0.39 is 6.10 Å². The predicted molar refractivity (Wildman–Crippen MR) is 79.8 cm³/mol. The molecule has 0 aliphatic carbocycles. The van der Waals surface area contributed by atoms with Gasteiger partial charge in [-0.2, -0.15) is 0 Å². The lowest BCUT2D eigenvalue weighted by atomic mass is 10.1. The highest BCUT2D eigenvalue weighted by atomic mass is 16.5. The molecule has 0 aromatic heterocycles. The Morgan fingerprint density at radius 3 is 2.60 bits per heavy atom. The van der Waals surface area contributed by atoms with Gasteiger partial charge in [0.15, 0.2) is 0 Å². The van der Waals surface area contributed by atoms with Crippen molar-refractivity contribution < 1.29 is 14.6 Å². The van der Waals surface area contributed by atoms with E-state index in [1.807, 2.05) is 0 Å². The predicted octanol–water partition coefficient (Wildman–Crippen LogP) is 2.68. The second kappa shape index (κ2) is 9.34. The maximum Gasteiger partial charge on any atom is 0.319 e. The van der Waals surface area contributed by atoms with E-state index in [0.29, 0.717) is 18.8 Å². The van der Waals surface area contributed by atoms with Crippen LogP contribution in [0.2, 0.25) is 0 Å². The zero-order valence-corrected chi connectivity index (χ0v) is 12.2. The fourth-order valence-electron chi connectivity index (χ4n) is 1.61. The zero-order chi connectivity index (χ0) is 14.8. The Morgan fingerprint density at radius 1 is 1.30 bits per heavy atom. The average molecular weight is 280 g/mol. The quantitative estimate of drug-likeness (QED) is 0.641. The number of nitrogens with one attached hydrogen (secondary N) is 2. The van der Waals surface area contributed by atoms with Gasteiger partial charge in [-0.3, -0.25) is 0 Å². The number of anilines is 1. The molecule has 2 amide bonds. The zero-order valence-electron chi connectivity index (χ0n) is 12.2. The van der Waals surface area contributed by atoms with Crippen LogP contribution in [0.4, 0.5) is 10.5 Å². The third kappa shape index (κ3) is 6.54. The second-order valence-electron chi connectivity index (χ2n) is 4.64. The first-order chi connectivity index (χ1) is 9.63. The normalized spacial score (nSPS) is 11.9. The van der Waals surface area contributed by atoms with Gasteiger partial charge in [0.1, 0.15) is 0 Å². The van der Waals surface area contributed by atoms with E-state index in [2.05, 4.69) is 17.6 Å². The van der Waals surface area contributed by atoms with Crippen LogP contribution in [0.15, 0.2) is 24.3 Å². The van der Waals surface area contributed by atoms with Gasteiger partial charge in [0.05, 0.1) is 12.7 Å². The Morgan fingerprint density at radius 2 is 2.00 bits per heavy atom. The maximum atomic E-state index is 11.6. The number of aliphatic hydroxyl groups excluding tert-OH is 1. The number of rotatable bonds is 8. The molecule has 0 fully saturated rings. The highest BCUT2D eigenvalue weighted by molar-refractivity contribution is 5.89. The Balaban J connectivity index is 2.21. The molecule has 1 atom stereocenters. The average Bonchev–Trinajstić information content (AvgIpc) is 2.43. The summed E-state index contributed by atoms with van der Waals surface area (Å²) in [6.07, 6.45) is 1.65. The number of benzene rings is 1. The third-order valence-corrected chi connectivity index (χ3v) is 2.83. The monoisotopic (exact) mass is 280 g/mol. The van der Waals surface area contributed by atoms with E-state index >= 15 is 0 Å². The van der Waals surface area contributed by atoms with Crippen LogP contribution in [0, 0.1) is 0 Å². The summed E-state index contributed by atoms with van der Waals surface area (Å²) in [4.78, 5) is 11.6. The number of urea groups is 1. The number of ether oxygens (including phenoxy) is 1. The first-order valence-electron chi connectivity index (χ1n) is 7.04. The molecule has 0 saturated carbocycles. The summed E-state index contributed by atoms with van der Waals surface area (Å²) in [6.45, 7) is 5.56. The van der Waals surface area contributed by atoms with Crippen molar-refractivity contribution in [1.29, 1.82) is 0 Å². The molecule has 0 bridgehead atoms. The minimum absolute atomic E-state index is 0.256. The van der Waals surface area contributed by atoms with Crippen LogP contribution in [0.25, 0.3) is 0 Å². The van der Waals surface area contributed by atoms with Gasteiger partial charge in [0, 0.05) is 18.8 Å². The van der Waals surface area contributed by atoms with Gasteiger partial charge in [-0.05, 0) is 31.0 Å². The first kappa shape index (κ1) is 16.5.